The van der Waals surface area contributed by atoms with Crippen molar-refractivity contribution in [1.82, 2.24) is 0 Å². The molecule has 2 heteroatoms. The minimum atomic E-state index is 0.499. The van der Waals surface area contributed by atoms with Gasteiger partial charge in [-0.25, -0.2) is 0 Å². The normalized spacial score (nSPS) is 9.64. The number of methoxy groups -OCH3 is 1. The minimum Gasteiger partial charge on any atom is -0.699 e. The summed E-state index contributed by atoms with van der Waals surface area (Å²) in [5.74, 6) is 0.819. The zero-order chi connectivity index (χ0) is 8.27. The van der Waals surface area contributed by atoms with E-state index in [0.717, 1.165) is 17.7 Å². The molecular weight excluding hydrogens is 138 g/mol. The first-order valence-electron chi connectivity index (χ1n) is 3.66. The molecule has 0 saturated heterocycles. The highest BCUT2D eigenvalue weighted by Gasteiger charge is 1.96. The van der Waals surface area contributed by atoms with Crippen LogP contribution in [0.1, 0.15) is 12.5 Å². The third kappa shape index (κ3) is 1.64. The van der Waals surface area contributed by atoms with Crippen molar-refractivity contribution in [2.24, 2.45) is 0 Å². The lowest BCUT2D eigenvalue weighted by molar-refractivity contribution is 0.410. The third-order valence-corrected chi connectivity index (χ3v) is 1.67. The van der Waals surface area contributed by atoms with Crippen LogP contribution in [-0.2, 0) is 6.42 Å². The van der Waals surface area contributed by atoms with E-state index in [9.17, 15) is 0 Å². The predicted molar refractivity (Wildman–Crippen MR) is 46.4 cm³/mol. The van der Waals surface area contributed by atoms with Gasteiger partial charge in [0.15, 0.2) is 0 Å². The van der Waals surface area contributed by atoms with Crippen LogP contribution < -0.4 is 4.74 Å². The minimum absolute atomic E-state index is 0.499. The van der Waals surface area contributed by atoms with Gasteiger partial charge in [0.1, 0.15) is 5.75 Å². The van der Waals surface area contributed by atoms with E-state index in [1.807, 2.05) is 6.07 Å². The van der Waals surface area contributed by atoms with Gasteiger partial charge in [-0.1, -0.05) is 19.1 Å². The topological polar surface area (TPSA) is 33.0 Å². The molecule has 0 aliphatic heterocycles. The van der Waals surface area contributed by atoms with E-state index in [1.165, 1.54) is 0 Å². The molecule has 0 bridgehead atoms. The van der Waals surface area contributed by atoms with Crippen molar-refractivity contribution in [3.05, 3.63) is 29.5 Å². The zero-order valence-electron chi connectivity index (χ0n) is 6.85. The van der Waals surface area contributed by atoms with Crippen LogP contribution in [0.25, 0.3) is 5.73 Å². The highest BCUT2D eigenvalue weighted by atomic mass is 16.5. The Balaban J connectivity index is 3.06. The first kappa shape index (κ1) is 7.92. The molecule has 60 valence electrons. The Morgan fingerprint density at radius 1 is 1.45 bits per heavy atom. The van der Waals surface area contributed by atoms with Gasteiger partial charge in [0.05, 0.1) is 7.11 Å². The highest BCUT2D eigenvalue weighted by molar-refractivity contribution is 5.51. The molecule has 0 amide bonds. The molecule has 0 atom stereocenters. The van der Waals surface area contributed by atoms with Gasteiger partial charge in [-0.15, -0.1) is 5.69 Å². The predicted octanol–water partition coefficient (Wildman–Crippen LogP) is 2.94. The first-order valence-corrected chi connectivity index (χ1v) is 3.66. The Kier molecular flexibility index (Phi) is 2.36. The fraction of sp³-hybridized carbons (Fsp3) is 0.333. The summed E-state index contributed by atoms with van der Waals surface area (Å²) >= 11 is 0. The molecule has 0 heterocycles. The van der Waals surface area contributed by atoms with E-state index in [0.29, 0.717) is 5.69 Å². The van der Waals surface area contributed by atoms with Gasteiger partial charge in [0.2, 0.25) is 0 Å². The molecule has 1 aromatic rings. The summed E-state index contributed by atoms with van der Waals surface area (Å²) < 4.78 is 5.10. The fourth-order valence-corrected chi connectivity index (χ4v) is 1.04. The van der Waals surface area contributed by atoms with Crippen LogP contribution in [0.2, 0.25) is 0 Å². The monoisotopic (exact) mass is 150 g/mol. The maximum absolute atomic E-state index is 7.33. The van der Waals surface area contributed by atoms with Gasteiger partial charge in [-0.05, 0) is 18.1 Å². The fourth-order valence-electron chi connectivity index (χ4n) is 1.04. The van der Waals surface area contributed by atoms with Crippen molar-refractivity contribution < 1.29 is 4.74 Å². The van der Waals surface area contributed by atoms with Crippen LogP contribution in [0.5, 0.6) is 5.75 Å². The lowest BCUT2D eigenvalue weighted by Crippen LogP contribution is -1.88. The van der Waals surface area contributed by atoms with Gasteiger partial charge in [0.25, 0.3) is 0 Å². The summed E-state index contributed by atoms with van der Waals surface area (Å²) in [4.78, 5) is 0. The molecule has 0 saturated carbocycles. The molecule has 0 spiro atoms. The van der Waals surface area contributed by atoms with Gasteiger partial charge >= 0.3 is 0 Å². The van der Waals surface area contributed by atoms with Crippen LogP contribution in [0.3, 0.4) is 0 Å². The number of ether oxygens (including phenoxy) is 1. The lowest BCUT2D eigenvalue weighted by Gasteiger charge is -2.10. The molecule has 0 radical (unpaired) electrons. The number of benzene rings is 1. The maximum atomic E-state index is 7.33. The molecule has 0 aliphatic rings. The standard InChI is InChI=1S/C9H12NO/c1-3-7-4-5-8(10)6-9(7)11-2/h4-6,10H,3H2,1-2H3/q-1. The summed E-state index contributed by atoms with van der Waals surface area (Å²) in [6.45, 7) is 2.07. The second-order valence-corrected chi connectivity index (χ2v) is 2.38. The Morgan fingerprint density at radius 3 is 2.73 bits per heavy atom. The highest BCUT2D eigenvalue weighted by Crippen LogP contribution is 2.24. The number of rotatable bonds is 2. The van der Waals surface area contributed by atoms with Crippen LogP contribution in [0, 0.1) is 0 Å². The van der Waals surface area contributed by atoms with E-state index in [-0.39, 0.29) is 0 Å². The maximum Gasteiger partial charge on any atom is 0.120 e. The van der Waals surface area contributed by atoms with Gasteiger partial charge < -0.3 is 10.5 Å². The molecule has 0 unspecified atom stereocenters. The van der Waals surface area contributed by atoms with Crippen molar-refractivity contribution >= 4 is 5.69 Å². The molecule has 1 rings (SSSR count). The van der Waals surface area contributed by atoms with E-state index < -0.39 is 0 Å². The summed E-state index contributed by atoms with van der Waals surface area (Å²) in [6, 6.07) is 5.45. The largest absolute Gasteiger partial charge is 0.699 e. The van der Waals surface area contributed by atoms with Crippen molar-refractivity contribution in [2.75, 3.05) is 7.11 Å². The number of hydrogen-bond acceptors (Lipinski definition) is 1. The van der Waals surface area contributed by atoms with Crippen molar-refractivity contribution in [3.8, 4) is 5.75 Å². The SMILES string of the molecule is CCc1ccc([NH-])cc1OC. The second kappa shape index (κ2) is 3.28. The zero-order valence-corrected chi connectivity index (χ0v) is 6.85. The van der Waals surface area contributed by atoms with Gasteiger partial charge in [-0.3, -0.25) is 0 Å². The molecule has 0 aromatic heterocycles. The molecule has 11 heavy (non-hydrogen) atoms. The number of nitrogens with one attached hydrogen (secondary N) is 1. The summed E-state index contributed by atoms with van der Waals surface area (Å²) in [7, 11) is 1.63. The third-order valence-electron chi connectivity index (χ3n) is 1.67. The summed E-state index contributed by atoms with van der Waals surface area (Å²) in [6.07, 6.45) is 0.948. The Morgan fingerprint density at radius 2 is 2.18 bits per heavy atom. The molecule has 1 aromatic carbocycles. The molecule has 1 N–H and O–H groups in total. The molecule has 0 aliphatic carbocycles. The van der Waals surface area contributed by atoms with Crippen molar-refractivity contribution in [2.45, 2.75) is 13.3 Å². The van der Waals surface area contributed by atoms with Crippen molar-refractivity contribution in [1.29, 1.82) is 0 Å². The lowest BCUT2D eigenvalue weighted by atomic mass is 10.1. The van der Waals surface area contributed by atoms with Crippen LogP contribution in [0.4, 0.5) is 5.69 Å². The second-order valence-electron chi connectivity index (χ2n) is 2.38. The van der Waals surface area contributed by atoms with Crippen LogP contribution in [-0.4, -0.2) is 7.11 Å². The number of aryl methyl sites for hydroxylation is 1. The molecular formula is C9H12NO-. The van der Waals surface area contributed by atoms with Crippen molar-refractivity contribution in [3.63, 3.8) is 0 Å². The van der Waals surface area contributed by atoms with E-state index >= 15 is 0 Å². The van der Waals surface area contributed by atoms with Gasteiger partial charge in [0, 0.05) is 0 Å². The average molecular weight is 150 g/mol. The Hall–Kier alpha value is -1.18. The first-order chi connectivity index (χ1) is 5.27. The summed E-state index contributed by atoms with van der Waals surface area (Å²) in [5, 5.41) is 0. The number of hydrogen-bond donors (Lipinski definition) is 0. The Labute approximate surface area is 67.0 Å². The molecule has 0 fully saturated rings. The average Bonchev–Trinajstić information content (AvgIpc) is 2.04. The Bertz CT molecular complexity index is 245. The van der Waals surface area contributed by atoms with Crippen LogP contribution in [0.15, 0.2) is 18.2 Å². The van der Waals surface area contributed by atoms with E-state index in [1.54, 1.807) is 19.2 Å². The van der Waals surface area contributed by atoms with E-state index in [4.69, 9.17) is 10.5 Å². The van der Waals surface area contributed by atoms with E-state index in [2.05, 4.69) is 6.92 Å². The smallest absolute Gasteiger partial charge is 0.120 e. The molecule has 2 nitrogen and oxygen atoms in total. The quantitative estimate of drug-likeness (QED) is 0.638. The summed E-state index contributed by atoms with van der Waals surface area (Å²) in [5.41, 5.74) is 8.99. The van der Waals surface area contributed by atoms with Crippen LogP contribution >= 0.6 is 0 Å². The van der Waals surface area contributed by atoms with Gasteiger partial charge in [-0.2, -0.15) is 0 Å².